The Balaban J connectivity index is 2.81. The number of fused-ring (bicyclic) bond motifs is 1. The molecule has 0 radical (unpaired) electrons. The van der Waals surface area contributed by atoms with E-state index in [1.165, 1.54) is 0 Å². The fourth-order valence-electron chi connectivity index (χ4n) is 2.40. The van der Waals surface area contributed by atoms with E-state index in [1.54, 1.807) is 0 Å². The molecule has 0 saturated heterocycles. The lowest BCUT2D eigenvalue weighted by Gasteiger charge is -2.28. The third-order valence-electron chi connectivity index (χ3n) is 3.57. The highest BCUT2D eigenvalue weighted by molar-refractivity contribution is 7.87. The van der Waals surface area contributed by atoms with Gasteiger partial charge in [0.25, 0.3) is 30.4 Å². The van der Waals surface area contributed by atoms with E-state index in [9.17, 15) is 39.5 Å². The SMILES string of the molecule is NC1(S(=O)(=O)O)C=Cc2c(cc(S(=O)(=O)O)c(CS(=O)(=O)O)c2O)C1. The van der Waals surface area contributed by atoms with Gasteiger partial charge in [0.1, 0.15) is 16.4 Å². The summed E-state index contributed by atoms with van der Waals surface area (Å²) in [6.45, 7) is 0. The average molecular weight is 415 g/mol. The smallest absolute Gasteiger partial charge is 0.294 e. The Labute approximate surface area is 143 Å². The molecule has 0 aromatic heterocycles. The molecular weight excluding hydrogens is 402 g/mol. The quantitative estimate of drug-likeness (QED) is 0.382. The Kier molecular flexibility index (Phi) is 4.53. The highest BCUT2D eigenvalue weighted by atomic mass is 32.2. The third kappa shape index (κ3) is 3.84. The lowest BCUT2D eigenvalue weighted by Crippen LogP contribution is -2.48. The highest BCUT2D eigenvalue weighted by Gasteiger charge is 2.40. The molecular formula is C11H13NO10S3. The van der Waals surface area contributed by atoms with Gasteiger partial charge in [0.15, 0.2) is 4.87 Å². The normalized spacial score (nSPS) is 21.1. The summed E-state index contributed by atoms with van der Waals surface area (Å²) in [6.07, 6.45) is 1.11. The maximum Gasteiger partial charge on any atom is 0.294 e. The van der Waals surface area contributed by atoms with E-state index in [2.05, 4.69) is 0 Å². The van der Waals surface area contributed by atoms with E-state index in [0.717, 1.165) is 12.2 Å². The second-order valence-electron chi connectivity index (χ2n) is 5.42. The number of aromatic hydroxyl groups is 1. The molecule has 0 amide bonds. The van der Waals surface area contributed by atoms with Gasteiger partial charge >= 0.3 is 0 Å². The average Bonchev–Trinajstić information content (AvgIpc) is 2.37. The minimum atomic E-state index is -5.05. The van der Waals surface area contributed by atoms with Crippen LogP contribution in [0.1, 0.15) is 16.7 Å². The lowest BCUT2D eigenvalue weighted by molar-refractivity contribution is 0.441. The van der Waals surface area contributed by atoms with Gasteiger partial charge in [0.05, 0.1) is 0 Å². The first-order chi connectivity index (χ1) is 11.1. The van der Waals surface area contributed by atoms with E-state index in [0.29, 0.717) is 6.07 Å². The van der Waals surface area contributed by atoms with Gasteiger partial charge in [-0.15, -0.1) is 0 Å². The molecule has 1 aliphatic carbocycles. The van der Waals surface area contributed by atoms with Crippen molar-refractivity contribution in [2.24, 2.45) is 5.73 Å². The van der Waals surface area contributed by atoms with Crippen LogP contribution >= 0.6 is 0 Å². The number of benzene rings is 1. The first-order valence-corrected chi connectivity index (χ1v) is 10.8. The van der Waals surface area contributed by atoms with E-state index in [-0.39, 0.29) is 11.1 Å². The maximum atomic E-state index is 11.5. The van der Waals surface area contributed by atoms with Gasteiger partial charge < -0.3 is 10.8 Å². The van der Waals surface area contributed by atoms with Crippen molar-refractivity contribution >= 4 is 36.4 Å². The van der Waals surface area contributed by atoms with Crippen LogP contribution in [-0.2, 0) is 42.5 Å². The molecule has 1 atom stereocenters. The van der Waals surface area contributed by atoms with Crippen LogP contribution in [0.25, 0.3) is 6.08 Å². The molecule has 1 aromatic rings. The number of hydrogen-bond acceptors (Lipinski definition) is 8. The van der Waals surface area contributed by atoms with Crippen LogP contribution in [0, 0.1) is 0 Å². The molecule has 2 rings (SSSR count). The molecule has 140 valence electrons. The van der Waals surface area contributed by atoms with E-state index in [4.69, 9.17) is 10.3 Å². The van der Waals surface area contributed by atoms with Crippen molar-refractivity contribution in [1.29, 1.82) is 0 Å². The number of phenols is 1. The van der Waals surface area contributed by atoms with Crippen LogP contribution < -0.4 is 5.73 Å². The van der Waals surface area contributed by atoms with Crippen LogP contribution in [0.5, 0.6) is 5.75 Å². The summed E-state index contributed by atoms with van der Waals surface area (Å²) in [7, 11) is -14.6. The highest BCUT2D eigenvalue weighted by Crippen LogP contribution is 2.39. The summed E-state index contributed by atoms with van der Waals surface area (Å²) in [4.78, 5) is -3.36. The van der Waals surface area contributed by atoms with Gasteiger partial charge in [0, 0.05) is 17.5 Å². The summed E-state index contributed by atoms with van der Waals surface area (Å²) in [5, 5.41) is 10.2. The van der Waals surface area contributed by atoms with Crippen LogP contribution in [0.4, 0.5) is 0 Å². The first-order valence-electron chi connectivity index (χ1n) is 6.31. The van der Waals surface area contributed by atoms with Crippen molar-refractivity contribution in [3.05, 3.63) is 28.8 Å². The predicted octanol–water partition coefficient (Wildman–Crippen LogP) is -0.861. The molecule has 0 bridgehead atoms. The van der Waals surface area contributed by atoms with Crippen LogP contribution in [0.15, 0.2) is 17.0 Å². The van der Waals surface area contributed by atoms with Gasteiger partial charge in [-0.1, -0.05) is 6.08 Å². The molecule has 1 unspecified atom stereocenters. The Hall–Kier alpha value is -1.55. The Morgan fingerprint density at radius 3 is 2.08 bits per heavy atom. The van der Waals surface area contributed by atoms with E-state index in [1.807, 2.05) is 0 Å². The summed E-state index contributed by atoms with van der Waals surface area (Å²) >= 11 is 0. The molecule has 1 aromatic carbocycles. The maximum absolute atomic E-state index is 11.5. The number of nitrogens with two attached hydrogens (primary N) is 1. The van der Waals surface area contributed by atoms with Gasteiger partial charge in [-0.2, -0.15) is 25.3 Å². The molecule has 6 N–H and O–H groups in total. The minimum absolute atomic E-state index is 0.171. The van der Waals surface area contributed by atoms with Crippen molar-refractivity contribution in [2.75, 3.05) is 0 Å². The van der Waals surface area contributed by atoms with Crippen molar-refractivity contribution in [3.8, 4) is 5.75 Å². The molecule has 25 heavy (non-hydrogen) atoms. The number of phenolic OH excluding ortho intramolecular Hbond substituents is 1. The molecule has 14 heteroatoms. The molecule has 0 spiro atoms. The lowest BCUT2D eigenvalue weighted by atomic mass is 9.91. The Morgan fingerprint density at radius 1 is 1.08 bits per heavy atom. The van der Waals surface area contributed by atoms with E-state index >= 15 is 0 Å². The first kappa shape index (κ1) is 19.8. The molecule has 0 saturated carbocycles. The third-order valence-corrected chi connectivity index (χ3v) is 6.39. The van der Waals surface area contributed by atoms with Crippen molar-refractivity contribution < 1.29 is 44.0 Å². The van der Waals surface area contributed by atoms with Crippen LogP contribution in [0.3, 0.4) is 0 Å². The fraction of sp³-hybridized carbons (Fsp3) is 0.273. The topological polar surface area (TPSA) is 209 Å². The monoisotopic (exact) mass is 415 g/mol. The van der Waals surface area contributed by atoms with Gasteiger partial charge in [0.2, 0.25) is 0 Å². The Bertz CT molecular complexity index is 1090. The predicted molar refractivity (Wildman–Crippen MR) is 84.4 cm³/mol. The van der Waals surface area contributed by atoms with Crippen LogP contribution in [0.2, 0.25) is 0 Å². The molecule has 1 aliphatic rings. The minimum Gasteiger partial charge on any atom is -0.507 e. The van der Waals surface area contributed by atoms with Crippen molar-refractivity contribution in [2.45, 2.75) is 21.9 Å². The van der Waals surface area contributed by atoms with Gasteiger partial charge in [-0.05, 0) is 17.7 Å². The summed E-state index contributed by atoms with van der Waals surface area (Å²) < 4.78 is 95.2. The van der Waals surface area contributed by atoms with Crippen LogP contribution in [-0.4, -0.2) is 48.9 Å². The number of hydrogen-bond donors (Lipinski definition) is 5. The van der Waals surface area contributed by atoms with E-state index < -0.39 is 63.6 Å². The van der Waals surface area contributed by atoms with Crippen molar-refractivity contribution in [3.63, 3.8) is 0 Å². The van der Waals surface area contributed by atoms with Gasteiger partial charge in [-0.25, -0.2) is 0 Å². The van der Waals surface area contributed by atoms with Crippen molar-refractivity contribution in [1.82, 2.24) is 0 Å². The summed E-state index contributed by atoms with van der Waals surface area (Å²) in [5.41, 5.74) is 4.39. The summed E-state index contributed by atoms with van der Waals surface area (Å²) in [6, 6.07) is 0.710. The second-order valence-corrected chi connectivity index (χ2v) is 9.97. The molecule has 0 heterocycles. The fourth-order valence-corrected chi connectivity index (χ4v) is 4.49. The van der Waals surface area contributed by atoms with Gasteiger partial charge in [-0.3, -0.25) is 13.7 Å². The zero-order valence-corrected chi connectivity index (χ0v) is 14.6. The molecule has 0 aliphatic heterocycles. The number of rotatable bonds is 4. The Morgan fingerprint density at radius 2 is 1.64 bits per heavy atom. The molecule has 11 nitrogen and oxygen atoms in total. The second kappa shape index (κ2) is 5.73. The standard InChI is InChI=1S/C11H13NO10S3/c12-11(25(20,21)22)2-1-7-6(4-11)3-9(24(17,18)19)8(10(7)13)5-23(14,15)16/h1-3,13H,4-5,12H2,(H,14,15,16)(H,17,18,19)(H,20,21,22). The summed E-state index contributed by atoms with van der Waals surface area (Å²) in [5.74, 6) is -2.22. The molecule has 0 fully saturated rings. The zero-order chi connectivity index (χ0) is 19.4. The largest absolute Gasteiger partial charge is 0.507 e. The zero-order valence-electron chi connectivity index (χ0n) is 12.2.